The number of amides is 4. The van der Waals surface area contributed by atoms with Gasteiger partial charge < -0.3 is 25.0 Å². The zero-order chi connectivity index (χ0) is 39.3. The van der Waals surface area contributed by atoms with Crippen molar-refractivity contribution in [1.29, 1.82) is 0 Å². The lowest BCUT2D eigenvalue weighted by Gasteiger charge is -2.33. The Balaban J connectivity index is 1.36. The van der Waals surface area contributed by atoms with Crippen molar-refractivity contribution in [2.24, 2.45) is 11.3 Å². The van der Waals surface area contributed by atoms with Crippen molar-refractivity contribution in [3.8, 4) is 6.01 Å². The van der Waals surface area contributed by atoms with E-state index in [0.29, 0.717) is 38.2 Å². The second-order valence-corrected chi connectivity index (χ2v) is 20.1. The van der Waals surface area contributed by atoms with Crippen LogP contribution in [0.5, 0.6) is 6.01 Å². The van der Waals surface area contributed by atoms with E-state index < -0.39 is 73.3 Å². The van der Waals surface area contributed by atoms with Crippen LogP contribution < -0.4 is 20.1 Å². The molecule has 14 nitrogen and oxygen atoms in total. The molecule has 54 heavy (non-hydrogen) atoms. The Labute approximate surface area is 318 Å². The SMILES string of the molecule is CCC1CC12NC(=O)C1CC(CN1C(=O)C(CC(C)(C)C)NC(=O)OC(C)(C)C)Oc1nc3ccccc3n1CCCCCCC1(CC1)S(=O)(=O)NC2=O. The fourth-order valence-corrected chi connectivity index (χ4v) is 9.84. The zero-order valence-corrected chi connectivity index (χ0v) is 33.6. The molecule has 4 aliphatic rings. The summed E-state index contributed by atoms with van der Waals surface area (Å²) in [5.74, 6) is -2.09. The number of hydrogen-bond acceptors (Lipinski definition) is 9. The smallest absolute Gasteiger partial charge is 0.408 e. The van der Waals surface area contributed by atoms with Crippen LogP contribution in [0.3, 0.4) is 0 Å². The topological polar surface area (TPSA) is 178 Å². The molecule has 2 saturated carbocycles. The first-order chi connectivity index (χ1) is 25.3. The van der Waals surface area contributed by atoms with Crippen molar-refractivity contribution in [3.63, 3.8) is 0 Å². The summed E-state index contributed by atoms with van der Waals surface area (Å²) in [6, 6.07) is 6.01. The molecule has 6 rings (SSSR count). The van der Waals surface area contributed by atoms with Crippen LogP contribution in [-0.4, -0.2) is 87.3 Å². The minimum Gasteiger partial charge on any atom is -0.459 e. The number of carbonyl (C=O) groups excluding carboxylic acids is 4. The normalized spacial score (nSPS) is 27.8. The van der Waals surface area contributed by atoms with Crippen LogP contribution in [0.25, 0.3) is 11.0 Å². The Morgan fingerprint density at radius 3 is 2.41 bits per heavy atom. The number of sulfonamides is 1. The molecule has 2 spiro atoms. The quantitative estimate of drug-likeness (QED) is 0.389. The van der Waals surface area contributed by atoms with E-state index in [0.717, 1.165) is 36.7 Å². The lowest BCUT2D eigenvalue weighted by Crippen LogP contribution is -2.59. The van der Waals surface area contributed by atoms with E-state index in [-0.39, 0.29) is 31.7 Å². The maximum Gasteiger partial charge on any atom is 0.408 e. The van der Waals surface area contributed by atoms with Gasteiger partial charge in [0.2, 0.25) is 21.8 Å². The number of carbonyl (C=O) groups is 4. The number of imidazole rings is 1. The zero-order valence-electron chi connectivity index (χ0n) is 32.8. The van der Waals surface area contributed by atoms with Gasteiger partial charge in [0.25, 0.3) is 11.9 Å². The summed E-state index contributed by atoms with van der Waals surface area (Å²) in [6.07, 6.45) is 4.41. The number of hydrogen-bond donors (Lipinski definition) is 3. The largest absolute Gasteiger partial charge is 0.459 e. The highest BCUT2D eigenvalue weighted by Gasteiger charge is 2.63. The first-order valence-electron chi connectivity index (χ1n) is 19.6. The third kappa shape index (κ3) is 8.50. The molecule has 0 radical (unpaired) electrons. The molecule has 2 bridgehead atoms. The number of rotatable bonds is 4. The molecule has 3 fully saturated rings. The molecule has 3 heterocycles. The molecule has 5 atom stereocenters. The second-order valence-electron chi connectivity index (χ2n) is 18.0. The van der Waals surface area contributed by atoms with Gasteiger partial charge in [0.05, 0.1) is 22.3 Å². The molecule has 2 aromatic rings. The summed E-state index contributed by atoms with van der Waals surface area (Å²) in [4.78, 5) is 62.3. The van der Waals surface area contributed by atoms with Gasteiger partial charge in [-0.2, -0.15) is 4.98 Å². The standard InChI is InChI=1S/C39H58N6O8S/c1-8-25-22-39(25)33(48)43-54(50,51)38(18-19-38)17-13-9-10-14-20-44-29-16-12-11-15-27(29)40-34(44)52-26-21-30(31(46)42-39)45(24-26)32(47)28(23-36(2,3)4)41-35(49)53-37(5,6)7/h11-12,15-16,25-26,28,30H,8-10,13-14,17-24H2,1-7H3,(H,41,49)(H,42,46)(H,43,48). The summed E-state index contributed by atoms with van der Waals surface area (Å²) < 4.78 is 43.0. The van der Waals surface area contributed by atoms with Gasteiger partial charge >= 0.3 is 6.09 Å². The minimum absolute atomic E-state index is 0.0179. The molecular formula is C39H58N6O8S. The van der Waals surface area contributed by atoms with Crippen LogP contribution in [0.1, 0.15) is 119 Å². The Morgan fingerprint density at radius 2 is 1.76 bits per heavy atom. The molecular weight excluding hydrogens is 713 g/mol. The fourth-order valence-electron chi connectivity index (χ4n) is 8.14. The summed E-state index contributed by atoms with van der Waals surface area (Å²) in [5.41, 5.74) is -0.973. The molecule has 5 unspecified atom stereocenters. The van der Waals surface area contributed by atoms with Gasteiger partial charge in [0.15, 0.2) is 0 Å². The van der Waals surface area contributed by atoms with E-state index in [9.17, 15) is 27.6 Å². The number of nitrogens with one attached hydrogen (secondary N) is 3. The maximum absolute atomic E-state index is 14.6. The fraction of sp³-hybridized carbons (Fsp3) is 0.718. The van der Waals surface area contributed by atoms with Crippen molar-refractivity contribution in [1.82, 2.24) is 29.8 Å². The lowest BCUT2D eigenvalue weighted by atomic mass is 9.87. The molecule has 1 saturated heterocycles. The van der Waals surface area contributed by atoms with E-state index >= 15 is 0 Å². The van der Waals surface area contributed by atoms with Crippen LogP contribution >= 0.6 is 0 Å². The van der Waals surface area contributed by atoms with E-state index in [1.165, 1.54) is 4.90 Å². The van der Waals surface area contributed by atoms with Gasteiger partial charge in [0, 0.05) is 13.0 Å². The minimum atomic E-state index is -4.01. The van der Waals surface area contributed by atoms with Gasteiger partial charge in [0.1, 0.15) is 29.3 Å². The van der Waals surface area contributed by atoms with Crippen LogP contribution in [0.2, 0.25) is 0 Å². The van der Waals surface area contributed by atoms with Crippen molar-refractivity contribution in [3.05, 3.63) is 24.3 Å². The van der Waals surface area contributed by atoms with Crippen LogP contribution in [0, 0.1) is 11.3 Å². The highest BCUT2D eigenvalue weighted by molar-refractivity contribution is 7.91. The third-order valence-electron chi connectivity index (χ3n) is 11.3. The Morgan fingerprint density at radius 1 is 1.06 bits per heavy atom. The number of nitrogens with zero attached hydrogens (tertiary/aromatic N) is 3. The first-order valence-corrected chi connectivity index (χ1v) is 21.1. The van der Waals surface area contributed by atoms with E-state index in [4.69, 9.17) is 14.5 Å². The monoisotopic (exact) mass is 770 g/mol. The van der Waals surface area contributed by atoms with Crippen LogP contribution in [-0.2, 0) is 35.7 Å². The predicted octanol–water partition coefficient (Wildman–Crippen LogP) is 4.94. The second kappa shape index (κ2) is 14.6. The Kier molecular flexibility index (Phi) is 10.8. The van der Waals surface area contributed by atoms with Gasteiger partial charge in [-0.25, -0.2) is 13.2 Å². The van der Waals surface area contributed by atoms with Crippen molar-refractivity contribution in [2.45, 2.75) is 160 Å². The van der Waals surface area contributed by atoms with E-state index in [1.54, 1.807) is 20.8 Å². The highest BCUT2D eigenvalue weighted by atomic mass is 32.2. The molecule has 3 N–H and O–H groups in total. The van der Waals surface area contributed by atoms with Crippen molar-refractivity contribution >= 4 is 44.9 Å². The summed E-state index contributed by atoms with van der Waals surface area (Å²) in [5, 5.41) is 5.69. The summed E-state index contributed by atoms with van der Waals surface area (Å²) >= 11 is 0. The first kappa shape index (κ1) is 39.8. The maximum atomic E-state index is 14.6. The van der Waals surface area contributed by atoms with Crippen LogP contribution in [0.4, 0.5) is 4.79 Å². The van der Waals surface area contributed by atoms with Gasteiger partial charge in [-0.05, 0) is 82.8 Å². The number of aryl methyl sites for hydroxylation is 1. The molecule has 1 aromatic carbocycles. The Hall–Kier alpha value is -3.88. The Bertz CT molecular complexity index is 1880. The highest BCUT2D eigenvalue weighted by Crippen LogP contribution is 2.50. The van der Waals surface area contributed by atoms with Gasteiger partial charge in [-0.3, -0.25) is 23.7 Å². The molecule has 15 heteroatoms. The lowest BCUT2D eigenvalue weighted by molar-refractivity contribution is -0.141. The molecule has 2 aliphatic heterocycles. The molecule has 2 aliphatic carbocycles. The number of ether oxygens (including phenoxy) is 2. The molecule has 298 valence electrons. The number of benzene rings is 1. The summed E-state index contributed by atoms with van der Waals surface area (Å²) in [6.45, 7) is 13.6. The van der Waals surface area contributed by atoms with Crippen LogP contribution in [0.15, 0.2) is 24.3 Å². The number of fused-ring (bicyclic) bond motifs is 5. The average Bonchev–Trinajstić information content (AvgIpc) is 3.93. The van der Waals surface area contributed by atoms with Gasteiger partial charge in [-0.15, -0.1) is 0 Å². The van der Waals surface area contributed by atoms with Gasteiger partial charge in [-0.1, -0.05) is 65.5 Å². The molecule has 1 aromatic heterocycles. The molecule has 4 amide bonds. The van der Waals surface area contributed by atoms with E-state index in [2.05, 4.69) is 15.4 Å². The van der Waals surface area contributed by atoms with Crippen molar-refractivity contribution < 1.29 is 37.1 Å². The number of para-hydroxylation sites is 2. The summed E-state index contributed by atoms with van der Waals surface area (Å²) in [7, 11) is -4.01. The number of alkyl carbamates (subject to hydrolysis) is 1. The average molecular weight is 771 g/mol. The number of likely N-dealkylation sites (tertiary alicyclic amines) is 1. The number of aromatic nitrogens is 2. The van der Waals surface area contributed by atoms with E-state index in [1.807, 2.05) is 56.5 Å². The van der Waals surface area contributed by atoms with Crippen molar-refractivity contribution in [2.75, 3.05) is 6.54 Å². The third-order valence-corrected chi connectivity index (χ3v) is 13.5. The predicted molar refractivity (Wildman–Crippen MR) is 203 cm³/mol.